The van der Waals surface area contributed by atoms with Gasteiger partial charge in [0.05, 0.1) is 6.42 Å². The van der Waals surface area contributed by atoms with Crippen LogP contribution in [-0.2, 0) is 22.6 Å². The molecular formula is C23H27Cl3N2O2. The second-order valence-electron chi connectivity index (χ2n) is 8.22. The highest BCUT2D eigenvalue weighted by atomic mass is 35.5. The second-order valence-corrected chi connectivity index (χ2v) is 9.50. The fourth-order valence-corrected chi connectivity index (χ4v) is 3.68. The zero-order valence-electron chi connectivity index (χ0n) is 17.6. The van der Waals surface area contributed by atoms with Gasteiger partial charge in [-0.25, -0.2) is 0 Å². The Morgan fingerprint density at radius 1 is 1.00 bits per heavy atom. The van der Waals surface area contributed by atoms with Crippen molar-refractivity contribution in [1.82, 2.24) is 10.2 Å². The van der Waals surface area contributed by atoms with E-state index in [2.05, 4.69) is 5.32 Å². The minimum Gasteiger partial charge on any atom is -0.350 e. The predicted molar refractivity (Wildman–Crippen MR) is 124 cm³/mol. The van der Waals surface area contributed by atoms with E-state index in [0.29, 0.717) is 21.5 Å². The van der Waals surface area contributed by atoms with Crippen molar-refractivity contribution in [3.63, 3.8) is 0 Å². The number of nitrogens with zero attached hydrogens (tertiary/aromatic N) is 1. The summed E-state index contributed by atoms with van der Waals surface area (Å²) < 4.78 is 0. The van der Waals surface area contributed by atoms with Crippen LogP contribution in [0.25, 0.3) is 0 Å². The number of rotatable bonds is 7. The van der Waals surface area contributed by atoms with Gasteiger partial charge in [-0.3, -0.25) is 9.59 Å². The zero-order chi connectivity index (χ0) is 22.5. The minimum absolute atomic E-state index is 0.154. The lowest BCUT2D eigenvalue weighted by molar-refractivity contribution is -0.141. The molecule has 0 aliphatic heterocycles. The van der Waals surface area contributed by atoms with Crippen LogP contribution in [0, 0.1) is 0 Å². The molecule has 1 atom stereocenters. The highest BCUT2D eigenvalue weighted by Gasteiger charge is 2.31. The number of halogens is 3. The van der Waals surface area contributed by atoms with Crippen molar-refractivity contribution >= 4 is 46.6 Å². The van der Waals surface area contributed by atoms with Gasteiger partial charge in [0.1, 0.15) is 6.04 Å². The Kier molecular flexibility index (Phi) is 8.60. The number of hydrogen-bond donors (Lipinski definition) is 1. The first kappa shape index (κ1) is 24.5. The molecule has 2 rings (SSSR count). The molecule has 30 heavy (non-hydrogen) atoms. The van der Waals surface area contributed by atoms with Gasteiger partial charge in [0.15, 0.2) is 0 Å². The molecule has 0 fully saturated rings. The number of hydrogen-bond acceptors (Lipinski definition) is 2. The van der Waals surface area contributed by atoms with Crippen LogP contribution < -0.4 is 5.32 Å². The zero-order valence-corrected chi connectivity index (χ0v) is 19.9. The third-order valence-corrected chi connectivity index (χ3v) is 5.35. The summed E-state index contributed by atoms with van der Waals surface area (Å²) in [6, 6.07) is 11.6. The molecule has 162 valence electrons. The summed E-state index contributed by atoms with van der Waals surface area (Å²) in [5.74, 6) is -0.362. The predicted octanol–water partition coefficient (Wildman–Crippen LogP) is 5.91. The fourth-order valence-electron chi connectivity index (χ4n) is 3.08. The Hall–Kier alpha value is -1.75. The first-order valence-electron chi connectivity index (χ1n) is 9.80. The Morgan fingerprint density at radius 3 is 2.13 bits per heavy atom. The van der Waals surface area contributed by atoms with E-state index in [4.69, 9.17) is 34.8 Å². The SMILES string of the molecule is CC[C@@H](C(=O)NC(C)(C)C)N(Cc1ccc(Cl)cc1Cl)C(=O)Cc1ccc(Cl)cc1. The molecular weight excluding hydrogens is 443 g/mol. The molecule has 2 aromatic rings. The van der Waals surface area contributed by atoms with Gasteiger partial charge in [-0.05, 0) is 62.6 Å². The van der Waals surface area contributed by atoms with Gasteiger partial charge in [0, 0.05) is 27.2 Å². The van der Waals surface area contributed by atoms with Crippen molar-refractivity contribution in [2.24, 2.45) is 0 Å². The Bertz CT molecular complexity index is 892. The normalized spacial score (nSPS) is 12.4. The summed E-state index contributed by atoms with van der Waals surface area (Å²) in [6.45, 7) is 7.83. The summed E-state index contributed by atoms with van der Waals surface area (Å²) in [6.07, 6.45) is 0.626. The van der Waals surface area contributed by atoms with Gasteiger partial charge in [0.25, 0.3) is 0 Å². The van der Waals surface area contributed by atoms with Gasteiger partial charge in [-0.2, -0.15) is 0 Å². The van der Waals surface area contributed by atoms with E-state index in [0.717, 1.165) is 11.1 Å². The number of amides is 2. The van der Waals surface area contributed by atoms with Crippen LogP contribution in [0.4, 0.5) is 0 Å². The fraction of sp³-hybridized carbons (Fsp3) is 0.391. The van der Waals surface area contributed by atoms with Gasteiger partial charge < -0.3 is 10.2 Å². The first-order valence-corrected chi connectivity index (χ1v) is 10.9. The molecule has 0 bridgehead atoms. The summed E-state index contributed by atoms with van der Waals surface area (Å²) in [5, 5.41) is 4.56. The Morgan fingerprint density at radius 2 is 1.60 bits per heavy atom. The maximum Gasteiger partial charge on any atom is 0.243 e. The average molecular weight is 470 g/mol. The number of carbonyl (C=O) groups is 2. The summed E-state index contributed by atoms with van der Waals surface area (Å²) >= 11 is 18.3. The van der Waals surface area contributed by atoms with E-state index < -0.39 is 11.6 Å². The topological polar surface area (TPSA) is 49.4 Å². The molecule has 2 aromatic carbocycles. The molecule has 0 radical (unpaired) electrons. The Balaban J connectivity index is 2.35. The summed E-state index contributed by atoms with van der Waals surface area (Å²) in [5.41, 5.74) is 1.14. The Labute approximate surface area is 193 Å². The third kappa shape index (κ3) is 7.19. The molecule has 2 amide bonds. The van der Waals surface area contributed by atoms with Crippen molar-refractivity contribution in [1.29, 1.82) is 0 Å². The molecule has 4 nitrogen and oxygen atoms in total. The molecule has 0 spiro atoms. The lowest BCUT2D eigenvalue weighted by Crippen LogP contribution is -2.53. The highest BCUT2D eigenvalue weighted by molar-refractivity contribution is 6.35. The molecule has 1 N–H and O–H groups in total. The van der Waals surface area contributed by atoms with Crippen molar-refractivity contribution in [2.75, 3.05) is 0 Å². The van der Waals surface area contributed by atoms with Crippen LogP contribution >= 0.6 is 34.8 Å². The molecule has 0 aliphatic carbocycles. The summed E-state index contributed by atoms with van der Waals surface area (Å²) in [4.78, 5) is 27.9. The lowest BCUT2D eigenvalue weighted by atomic mass is 10.0. The van der Waals surface area contributed by atoms with Crippen LogP contribution in [0.15, 0.2) is 42.5 Å². The maximum atomic E-state index is 13.3. The van der Waals surface area contributed by atoms with Crippen molar-refractivity contribution in [3.05, 3.63) is 68.7 Å². The monoisotopic (exact) mass is 468 g/mol. The van der Waals surface area contributed by atoms with Gasteiger partial charge in [-0.15, -0.1) is 0 Å². The number of nitrogens with one attached hydrogen (secondary N) is 1. The van der Waals surface area contributed by atoms with Gasteiger partial charge in [0.2, 0.25) is 11.8 Å². The smallest absolute Gasteiger partial charge is 0.243 e. The van der Waals surface area contributed by atoms with Crippen molar-refractivity contribution < 1.29 is 9.59 Å². The third-order valence-electron chi connectivity index (χ3n) is 4.51. The molecule has 0 aliphatic rings. The molecule has 0 aromatic heterocycles. The van der Waals surface area contributed by atoms with E-state index in [1.54, 1.807) is 35.2 Å². The highest BCUT2D eigenvalue weighted by Crippen LogP contribution is 2.24. The van der Waals surface area contributed by atoms with E-state index in [1.165, 1.54) is 0 Å². The van der Waals surface area contributed by atoms with Crippen LogP contribution in [0.1, 0.15) is 45.2 Å². The quantitative estimate of drug-likeness (QED) is 0.548. The van der Waals surface area contributed by atoms with Gasteiger partial charge >= 0.3 is 0 Å². The second kappa shape index (κ2) is 10.5. The molecule has 0 saturated carbocycles. The van der Waals surface area contributed by atoms with Crippen molar-refractivity contribution in [3.8, 4) is 0 Å². The molecule has 0 saturated heterocycles. The van der Waals surface area contributed by atoms with E-state index in [9.17, 15) is 9.59 Å². The number of benzene rings is 2. The molecule has 7 heteroatoms. The van der Waals surface area contributed by atoms with Crippen LogP contribution in [0.3, 0.4) is 0 Å². The van der Waals surface area contributed by atoms with Crippen LogP contribution in [0.5, 0.6) is 0 Å². The van der Waals surface area contributed by atoms with Crippen molar-refractivity contribution in [2.45, 2.75) is 58.7 Å². The maximum absolute atomic E-state index is 13.3. The van der Waals surface area contributed by atoms with Gasteiger partial charge in [-0.1, -0.05) is 59.9 Å². The minimum atomic E-state index is -0.629. The van der Waals surface area contributed by atoms with Crippen LogP contribution in [-0.4, -0.2) is 28.3 Å². The molecule has 0 unspecified atom stereocenters. The van der Waals surface area contributed by atoms with E-state index >= 15 is 0 Å². The lowest BCUT2D eigenvalue weighted by Gasteiger charge is -2.33. The molecule has 0 heterocycles. The van der Waals surface area contributed by atoms with E-state index in [-0.39, 0.29) is 24.8 Å². The number of carbonyl (C=O) groups excluding carboxylic acids is 2. The standard InChI is InChI=1S/C23H27Cl3N2O2/c1-5-20(22(30)27-23(2,3)4)28(14-16-8-11-18(25)13-19(16)26)21(29)12-15-6-9-17(24)10-7-15/h6-11,13,20H,5,12,14H2,1-4H3,(H,27,30)/t20-/m0/s1. The summed E-state index contributed by atoms with van der Waals surface area (Å²) in [7, 11) is 0. The van der Waals surface area contributed by atoms with Crippen LogP contribution in [0.2, 0.25) is 15.1 Å². The average Bonchev–Trinajstić information content (AvgIpc) is 2.63. The first-order chi connectivity index (χ1) is 14.0. The largest absolute Gasteiger partial charge is 0.350 e. The van der Waals surface area contributed by atoms with E-state index in [1.807, 2.05) is 39.8 Å².